The van der Waals surface area contributed by atoms with Crippen molar-refractivity contribution < 1.29 is 4.74 Å². The third-order valence-electron chi connectivity index (χ3n) is 1.97. The Labute approximate surface area is 70.1 Å². The van der Waals surface area contributed by atoms with Gasteiger partial charge in [0, 0.05) is 13.2 Å². The molecular weight excluding hydrogens is 138 g/mol. The Morgan fingerprint density at radius 1 is 1.36 bits per heavy atom. The minimum atomic E-state index is 0.199. The van der Waals surface area contributed by atoms with Gasteiger partial charge in [-0.3, -0.25) is 0 Å². The molecule has 2 nitrogen and oxygen atoms in total. The molecule has 68 valence electrons. The first-order valence-corrected chi connectivity index (χ1v) is 4.41. The van der Waals surface area contributed by atoms with Crippen LogP contribution in [0.15, 0.2) is 0 Å². The van der Waals surface area contributed by atoms with Crippen molar-refractivity contribution in [2.45, 2.75) is 45.8 Å². The van der Waals surface area contributed by atoms with Crippen molar-refractivity contribution >= 4 is 0 Å². The fourth-order valence-electron chi connectivity index (χ4n) is 1.44. The first kappa shape index (κ1) is 10.9. The van der Waals surface area contributed by atoms with E-state index in [1.807, 2.05) is 0 Å². The first-order valence-electron chi connectivity index (χ1n) is 4.41. The maximum atomic E-state index is 5.91. The summed E-state index contributed by atoms with van der Waals surface area (Å²) in [6, 6.07) is 0.199. The summed E-state index contributed by atoms with van der Waals surface area (Å²) in [5.41, 5.74) is 5.91. The van der Waals surface area contributed by atoms with Crippen molar-refractivity contribution in [3.63, 3.8) is 0 Å². The highest BCUT2D eigenvalue weighted by molar-refractivity contribution is 4.75. The molecule has 0 aliphatic heterocycles. The molecule has 0 saturated heterocycles. The number of hydrogen-bond donors (Lipinski definition) is 1. The van der Waals surface area contributed by atoms with Gasteiger partial charge in [-0.05, 0) is 12.3 Å². The van der Waals surface area contributed by atoms with Gasteiger partial charge in [0.25, 0.3) is 0 Å². The number of nitrogens with two attached hydrogens (primary N) is 1. The van der Waals surface area contributed by atoms with Gasteiger partial charge >= 0.3 is 0 Å². The monoisotopic (exact) mass is 159 g/mol. The summed E-state index contributed by atoms with van der Waals surface area (Å²) in [4.78, 5) is 0. The molecule has 0 heterocycles. The summed E-state index contributed by atoms with van der Waals surface area (Å²) in [6.07, 6.45) is 2.40. The maximum Gasteiger partial charge on any atom is 0.0744 e. The minimum Gasteiger partial charge on any atom is -0.380 e. The Hall–Kier alpha value is -0.0800. The second-order valence-corrected chi connectivity index (χ2v) is 3.40. The topological polar surface area (TPSA) is 35.2 Å². The lowest BCUT2D eigenvalue weighted by atomic mass is 9.97. The van der Waals surface area contributed by atoms with E-state index in [4.69, 9.17) is 10.5 Å². The zero-order chi connectivity index (χ0) is 8.85. The van der Waals surface area contributed by atoms with Gasteiger partial charge in [-0.2, -0.15) is 0 Å². The predicted molar refractivity (Wildman–Crippen MR) is 48.5 cm³/mol. The second kappa shape index (κ2) is 5.56. The van der Waals surface area contributed by atoms with Crippen molar-refractivity contribution in [1.82, 2.24) is 0 Å². The standard InChI is InChI=1S/C9H21NO/c1-5-6-8(10)9(11-4)7(2)3/h7-9H,5-6,10H2,1-4H3/t8-,9?/m1/s1. The van der Waals surface area contributed by atoms with E-state index < -0.39 is 0 Å². The lowest BCUT2D eigenvalue weighted by molar-refractivity contribution is 0.0417. The van der Waals surface area contributed by atoms with Gasteiger partial charge in [0.15, 0.2) is 0 Å². The van der Waals surface area contributed by atoms with Crippen LogP contribution in [-0.2, 0) is 4.74 Å². The van der Waals surface area contributed by atoms with Crippen molar-refractivity contribution in [1.29, 1.82) is 0 Å². The van der Waals surface area contributed by atoms with Crippen molar-refractivity contribution in [2.24, 2.45) is 11.7 Å². The van der Waals surface area contributed by atoms with Gasteiger partial charge in [0.2, 0.25) is 0 Å². The highest BCUT2D eigenvalue weighted by Crippen LogP contribution is 2.12. The Balaban J connectivity index is 3.81. The molecule has 0 aliphatic rings. The van der Waals surface area contributed by atoms with E-state index in [1.54, 1.807) is 7.11 Å². The third kappa shape index (κ3) is 3.73. The van der Waals surface area contributed by atoms with E-state index in [1.165, 1.54) is 0 Å². The van der Waals surface area contributed by atoms with Crippen LogP contribution >= 0.6 is 0 Å². The first-order chi connectivity index (χ1) is 5.13. The van der Waals surface area contributed by atoms with Gasteiger partial charge in [0.1, 0.15) is 0 Å². The molecule has 0 spiro atoms. The number of rotatable bonds is 5. The van der Waals surface area contributed by atoms with Crippen LogP contribution in [0.1, 0.15) is 33.6 Å². The van der Waals surface area contributed by atoms with Gasteiger partial charge in [-0.15, -0.1) is 0 Å². The zero-order valence-corrected chi connectivity index (χ0v) is 8.13. The summed E-state index contributed by atoms with van der Waals surface area (Å²) in [7, 11) is 1.74. The van der Waals surface area contributed by atoms with E-state index in [0.717, 1.165) is 12.8 Å². The smallest absolute Gasteiger partial charge is 0.0744 e. The van der Waals surface area contributed by atoms with E-state index in [-0.39, 0.29) is 12.1 Å². The zero-order valence-electron chi connectivity index (χ0n) is 8.13. The van der Waals surface area contributed by atoms with Gasteiger partial charge in [-0.1, -0.05) is 27.2 Å². The van der Waals surface area contributed by atoms with Crippen molar-refractivity contribution in [3.8, 4) is 0 Å². The molecule has 0 aliphatic carbocycles. The van der Waals surface area contributed by atoms with Crippen LogP contribution in [0, 0.1) is 5.92 Å². The molecule has 0 radical (unpaired) electrons. The molecule has 2 heteroatoms. The number of ether oxygens (including phenoxy) is 1. The van der Waals surface area contributed by atoms with Crippen LogP contribution in [0.5, 0.6) is 0 Å². The summed E-state index contributed by atoms with van der Waals surface area (Å²) in [5, 5.41) is 0. The molecule has 0 rings (SSSR count). The molecule has 0 fully saturated rings. The van der Waals surface area contributed by atoms with E-state index in [0.29, 0.717) is 5.92 Å². The summed E-state index contributed by atoms with van der Waals surface area (Å²) >= 11 is 0. The SMILES string of the molecule is CCC[C@@H](N)C(OC)C(C)C. The molecular formula is C9H21NO. The minimum absolute atomic E-state index is 0.199. The van der Waals surface area contributed by atoms with Crippen LogP contribution in [0.4, 0.5) is 0 Å². The average molecular weight is 159 g/mol. The molecule has 1 unspecified atom stereocenters. The molecule has 0 saturated carbocycles. The molecule has 2 N–H and O–H groups in total. The van der Waals surface area contributed by atoms with E-state index in [2.05, 4.69) is 20.8 Å². The summed E-state index contributed by atoms with van der Waals surface area (Å²) < 4.78 is 5.30. The van der Waals surface area contributed by atoms with Crippen LogP contribution in [-0.4, -0.2) is 19.3 Å². The molecule has 0 bridgehead atoms. The molecule has 2 atom stereocenters. The number of hydrogen-bond acceptors (Lipinski definition) is 2. The Kier molecular flexibility index (Phi) is 5.51. The van der Waals surface area contributed by atoms with Crippen molar-refractivity contribution in [2.75, 3.05) is 7.11 Å². The second-order valence-electron chi connectivity index (χ2n) is 3.40. The predicted octanol–water partition coefficient (Wildman–Crippen LogP) is 1.78. The van der Waals surface area contributed by atoms with Crippen LogP contribution in [0.2, 0.25) is 0 Å². The van der Waals surface area contributed by atoms with Gasteiger partial charge in [-0.25, -0.2) is 0 Å². The third-order valence-corrected chi connectivity index (χ3v) is 1.97. The Bertz CT molecular complexity index is 93.6. The summed E-state index contributed by atoms with van der Waals surface area (Å²) in [6.45, 7) is 6.43. The van der Waals surface area contributed by atoms with Gasteiger partial charge in [0.05, 0.1) is 6.10 Å². The highest BCUT2D eigenvalue weighted by Gasteiger charge is 2.19. The molecule has 0 aromatic carbocycles. The molecule has 0 amide bonds. The van der Waals surface area contributed by atoms with Gasteiger partial charge < -0.3 is 10.5 Å². The maximum absolute atomic E-state index is 5.91. The summed E-state index contributed by atoms with van der Waals surface area (Å²) in [5.74, 6) is 0.515. The molecule has 0 aromatic heterocycles. The quantitative estimate of drug-likeness (QED) is 0.663. The average Bonchev–Trinajstić information content (AvgIpc) is 1.88. The van der Waals surface area contributed by atoms with Crippen LogP contribution < -0.4 is 5.73 Å². The van der Waals surface area contributed by atoms with Crippen molar-refractivity contribution in [3.05, 3.63) is 0 Å². The normalized spacial score (nSPS) is 16.9. The van der Waals surface area contributed by atoms with E-state index in [9.17, 15) is 0 Å². The van der Waals surface area contributed by atoms with Crippen LogP contribution in [0.25, 0.3) is 0 Å². The van der Waals surface area contributed by atoms with E-state index >= 15 is 0 Å². The fourth-order valence-corrected chi connectivity index (χ4v) is 1.44. The van der Waals surface area contributed by atoms with Crippen LogP contribution in [0.3, 0.4) is 0 Å². The molecule has 11 heavy (non-hydrogen) atoms. The molecule has 0 aromatic rings. The lowest BCUT2D eigenvalue weighted by Gasteiger charge is -2.25. The largest absolute Gasteiger partial charge is 0.380 e. The Morgan fingerprint density at radius 2 is 1.91 bits per heavy atom. The fraction of sp³-hybridized carbons (Fsp3) is 1.00. The highest BCUT2D eigenvalue weighted by atomic mass is 16.5. The number of methoxy groups -OCH3 is 1. The Morgan fingerprint density at radius 3 is 2.18 bits per heavy atom. The lowest BCUT2D eigenvalue weighted by Crippen LogP contribution is -2.39.